The van der Waals surface area contributed by atoms with Crippen LogP contribution in [0.2, 0.25) is 5.15 Å². The van der Waals surface area contributed by atoms with Gasteiger partial charge in [0.25, 0.3) is 0 Å². The maximum Gasteiger partial charge on any atom is 0.129 e. The summed E-state index contributed by atoms with van der Waals surface area (Å²) in [4.78, 5) is 4.03. The van der Waals surface area contributed by atoms with Crippen LogP contribution < -0.4 is 5.73 Å². The lowest BCUT2D eigenvalue weighted by Crippen LogP contribution is -1.92. The molecule has 1 aromatic heterocycles. The Hall–Kier alpha value is -0.670. The van der Waals surface area contributed by atoms with Gasteiger partial charge in [-0.25, -0.2) is 4.98 Å². The number of pyridine rings is 1. The van der Waals surface area contributed by atoms with Crippen LogP contribution in [0.4, 0.5) is 5.69 Å². The van der Waals surface area contributed by atoms with Crippen molar-refractivity contribution in [3.63, 3.8) is 0 Å². The van der Waals surface area contributed by atoms with Crippen molar-refractivity contribution >= 4 is 36.0 Å². The molecule has 0 aliphatic heterocycles. The van der Waals surface area contributed by atoms with Gasteiger partial charge in [0, 0.05) is 5.75 Å². The van der Waals surface area contributed by atoms with Crippen LogP contribution in [-0.2, 0) is 0 Å². The van der Waals surface area contributed by atoms with E-state index in [2.05, 4.69) is 17.6 Å². The number of nitrogen functional groups attached to an aromatic ring is 1. The number of nitrogens with zero attached hydrogens (tertiary/aromatic N) is 1. The number of hydrogen-bond donors (Lipinski definition) is 2. The fraction of sp³-hybridized carbons (Fsp3) is 0.125. The van der Waals surface area contributed by atoms with Crippen molar-refractivity contribution in [2.75, 3.05) is 11.5 Å². The fourth-order valence-corrected chi connectivity index (χ4v) is 1.02. The van der Waals surface area contributed by atoms with Crippen molar-refractivity contribution < 1.29 is 0 Å². The van der Waals surface area contributed by atoms with Crippen LogP contribution in [0.5, 0.6) is 0 Å². The first-order chi connectivity index (χ1) is 5.74. The van der Waals surface area contributed by atoms with E-state index in [4.69, 9.17) is 17.3 Å². The van der Waals surface area contributed by atoms with Crippen molar-refractivity contribution in [1.82, 2.24) is 4.98 Å². The Labute approximate surface area is 81.9 Å². The molecule has 2 N–H and O–H groups in total. The van der Waals surface area contributed by atoms with Crippen molar-refractivity contribution in [2.45, 2.75) is 0 Å². The molecule has 4 heteroatoms. The van der Waals surface area contributed by atoms with E-state index in [1.807, 2.05) is 6.08 Å². The first-order valence-corrected chi connectivity index (χ1v) is 4.44. The van der Waals surface area contributed by atoms with E-state index in [0.717, 1.165) is 0 Å². The second-order valence-electron chi connectivity index (χ2n) is 2.19. The Morgan fingerprint density at radius 2 is 2.33 bits per heavy atom. The van der Waals surface area contributed by atoms with E-state index < -0.39 is 0 Å². The number of halogens is 1. The van der Waals surface area contributed by atoms with Gasteiger partial charge in [-0.2, -0.15) is 12.6 Å². The molecule has 64 valence electrons. The average molecular weight is 201 g/mol. The maximum atomic E-state index is 5.68. The Balaban J connectivity index is 2.97. The van der Waals surface area contributed by atoms with Gasteiger partial charge in [-0.1, -0.05) is 17.7 Å². The predicted molar refractivity (Wildman–Crippen MR) is 56.5 cm³/mol. The third-order valence-corrected chi connectivity index (χ3v) is 1.73. The topological polar surface area (TPSA) is 38.9 Å². The van der Waals surface area contributed by atoms with Crippen molar-refractivity contribution in [1.29, 1.82) is 0 Å². The van der Waals surface area contributed by atoms with Crippen LogP contribution >= 0.6 is 24.2 Å². The Bertz CT molecular complexity index is 299. The van der Waals surface area contributed by atoms with Crippen molar-refractivity contribution in [3.05, 3.63) is 29.1 Å². The fourth-order valence-electron chi connectivity index (χ4n) is 0.759. The van der Waals surface area contributed by atoms with Gasteiger partial charge >= 0.3 is 0 Å². The van der Waals surface area contributed by atoms with Crippen LogP contribution in [0.3, 0.4) is 0 Å². The van der Waals surface area contributed by atoms with E-state index in [1.54, 1.807) is 18.2 Å². The molecule has 0 spiro atoms. The zero-order valence-electron chi connectivity index (χ0n) is 6.37. The number of anilines is 1. The molecule has 1 heterocycles. The zero-order chi connectivity index (χ0) is 8.97. The molecule has 0 atom stereocenters. The van der Waals surface area contributed by atoms with Crippen molar-refractivity contribution in [3.8, 4) is 0 Å². The minimum absolute atomic E-state index is 0.447. The summed E-state index contributed by atoms with van der Waals surface area (Å²) in [7, 11) is 0. The van der Waals surface area contributed by atoms with Crippen LogP contribution in [0, 0.1) is 0 Å². The molecule has 0 fully saturated rings. The molecule has 1 aromatic rings. The van der Waals surface area contributed by atoms with Crippen LogP contribution in [0.1, 0.15) is 5.69 Å². The monoisotopic (exact) mass is 200 g/mol. The summed E-state index contributed by atoms with van der Waals surface area (Å²) in [6.07, 6.45) is 3.66. The summed E-state index contributed by atoms with van der Waals surface area (Å²) < 4.78 is 0. The van der Waals surface area contributed by atoms with Gasteiger partial charge in [0.1, 0.15) is 5.15 Å². The summed E-state index contributed by atoms with van der Waals surface area (Å²) in [6, 6.07) is 3.39. The number of thiol groups is 1. The highest BCUT2D eigenvalue weighted by molar-refractivity contribution is 7.80. The predicted octanol–water partition coefficient (Wildman–Crippen LogP) is 2.26. The molecular formula is C8H9ClN2S. The first kappa shape index (κ1) is 9.42. The molecule has 2 nitrogen and oxygen atoms in total. The highest BCUT2D eigenvalue weighted by Gasteiger charge is 1.96. The quantitative estimate of drug-likeness (QED) is 0.568. The van der Waals surface area contributed by atoms with E-state index in [0.29, 0.717) is 22.3 Å². The molecular weight excluding hydrogens is 192 g/mol. The molecule has 0 saturated carbocycles. The Kier molecular flexibility index (Phi) is 3.44. The van der Waals surface area contributed by atoms with Crippen LogP contribution in [0.15, 0.2) is 18.2 Å². The third-order valence-electron chi connectivity index (χ3n) is 1.30. The largest absolute Gasteiger partial charge is 0.397 e. The molecule has 0 aliphatic rings. The van der Waals surface area contributed by atoms with E-state index in [1.165, 1.54) is 0 Å². The molecule has 1 rings (SSSR count). The zero-order valence-corrected chi connectivity index (χ0v) is 8.02. The second kappa shape index (κ2) is 4.38. The summed E-state index contributed by atoms with van der Waals surface area (Å²) >= 11 is 9.70. The van der Waals surface area contributed by atoms with Gasteiger partial charge in [0.05, 0.1) is 11.4 Å². The lowest BCUT2D eigenvalue weighted by atomic mass is 10.3. The van der Waals surface area contributed by atoms with Gasteiger partial charge in [0.2, 0.25) is 0 Å². The normalized spacial score (nSPS) is 10.8. The minimum atomic E-state index is 0.447. The minimum Gasteiger partial charge on any atom is -0.397 e. The molecule has 0 aromatic carbocycles. The molecule has 0 saturated heterocycles. The van der Waals surface area contributed by atoms with E-state index >= 15 is 0 Å². The number of aromatic nitrogens is 1. The highest BCUT2D eigenvalue weighted by atomic mass is 35.5. The molecule has 0 bridgehead atoms. The molecule has 0 aliphatic carbocycles. The van der Waals surface area contributed by atoms with Gasteiger partial charge in [-0.15, -0.1) is 0 Å². The average Bonchev–Trinajstić information content (AvgIpc) is 2.07. The smallest absolute Gasteiger partial charge is 0.129 e. The van der Waals surface area contributed by atoms with E-state index in [9.17, 15) is 0 Å². The third kappa shape index (κ3) is 2.43. The SMILES string of the molecule is Nc1ccc(Cl)nc1C=CCS. The lowest BCUT2D eigenvalue weighted by molar-refractivity contribution is 1.30. The maximum absolute atomic E-state index is 5.68. The summed E-state index contributed by atoms with van der Waals surface area (Å²) in [6.45, 7) is 0. The Morgan fingerprint density at radius 1 is 1.58 bits per heavy atom. The van der Waals surface area contributed by atoms with Crippen LogP contribution in [0.25, 0.3) is 6.08 Å². The standard InChI is InChI=1S/C8H9ClN2S/c9-8-4-3-6(10)7(11-8)2-1-5-12/h1-4,12H,5,10H2. The lowest BCUT2D eigenvalue weighted by Gasteiger charge is -1.98. The molecule has 12 heavy (non-hydrogen) atoms. The Morgan fingerprint density at radius 3 is 3.00 bits per heavy atom. The number of nitrogens with two attached hydrogens (primary N) is 1. The molecule has 0 unspecified atom stereocenters. The molecule has 0 radical (unpaired) electrons. The second-order valence-corrected chi connectivity index (χ2v) is 2.95. The number of hydrogen-bond acceptors (Lipinski definition) is 3. The van der Waals surface area contributed by atoms with Gasteiger partial charge in [-0.05, 0) is 18.2 Å². The van der Waals surface area contributed by atoms with Gasteiger partial charge in [0.15, 0.2) is 0 Å². The van der Waals surface area contributed by atoms with Gasteiger partial charge < -0.3 is 5.73 Å². The van der Waals surface area contributed by atoms with Crippen molar-refractivity contribution in [2.24, 2.45) is 0 Å². The summed E-state index contributed by atoms with van der Waals surface area (Å²) in [5.74, 6) is 0.660. The van der Waals surface area contributed by atoms with Gasteiger partial charge in [-0.3, -0.25) is 0 Å². The summed E-state index contributed by atoms with van der Waals surface area (Å²) in [5, 5.41) is 0.447. The van der Waals surface area contributed by atoms with E-state index in [-0.39, 0.29) is 0 Å². The molecule has 0 amide bonds. The highest BCUT2D eigenvalue weighted by Crippen LogP contribution is 2.14. The summed E-state index contributed by atoms with van der Waals surface area (Å²) in [5.41, 5.74) is 6.95. The number of rotatable bonds is 2. The van der Waals surface area contributed by atoms with Crippen LogP contribution in [-0.4, -0.2) is 10.7 Å². The first-order valence-electron chi connectivity index (χ1n) is 3.43.